The molecular formula is C21H26N4O3. The summed E-state index contributed by atoms with van der Waals surface area (Å²) in [6, 6.07) is 6.03. The van der Waals surface area contributed by atoms with E-state index in [0.29, 0.717) is 36.2 Å². The number of rotatable bonds is 6. The number of carbonyl (C=O) groups is 2. The van der Waals surface area contributed by atoms with Gasteiger partial charge in [-0.25, -0.2) is 0 Å². The van der Waals surface area contributed by atoms with Crippen LogP contribution in [-0.4, -0.2) is 39.1 Å². The van der Waals surface area contributed by atoms with E-state index in [1.807, 2.05) is 37.1 Å². The van der Waals surface area contributed by atoms with E-state index in [0.717, 1.165) is 16.8 Å². The first-order chi connectivity index (χ1) is 13.4. The number of hydrogen-bond donors (Lipinski definition) is 1. The highest BCUT2D eigenvalue weighted by atomic mass is 16.5. The molecule has 1 aliphatic heterocycles. The van der Waals surface area contributed by atoms with Crippen LogP contribution in [0.2, 0.25) is 0 Å². The third kappa shape index (κ3) is 3.25. The van der Waals surface area contributed by atoms with Crippen molar-refractivity contribution < 1.29 is 14.3 Å². The number of amides is 2. The first-order valence-corrected chi connectivity index (χ1v) is 9.81. The fraction of sp³-hybridized carbons (Fsp3) is 0.476. The fourth-order valence-electron chi connectivity index (χ4n) is 4.00. The molecule has 1 saturated carbocycles. The Hall–Kier alpha value is -2.83. The molecule has 28 heavy (non-hydrogen) atoms. The van der Waals surface area contributed by atoms with Crippen molar-refractivity contribution in [1.82, 2.24) is 14.7 Å². The molecule has 0 spiro atoms. The second-order valence-corrected chi connectivity index (χ2v) is 7.67. The maximum atomic E-state index is 13.1. The number of anilines is 1. The Morgan fingerprint density at radius 3 is 2.75 bits per heavy atom. The number of nitrogens with zero attached hydrogens (tertiary/aromatic N) is 3. The van der Waals surface area contributed by atoms with Crippen molar-refractivity contribution in [3.63, 3.8) is 0 Å². The van der Waals surface area contributed by atoms with Gasteiger partial charge in [0.15, 0.2) is 5.82 Å². The summed E-state index contributed by atoms with van der Waals surface area (Å²) in [6.07, 6.45) is 2.40. The van der Waals surface area contributed by atoms with Gasteiger partial charge in [0.25, 0.3) is 5.91 Å². The molecule has 2 amide bonds. The Morgan fingerprint density at radius 1 is 1.36 bits per heavy atom. The molecule has 1 aromatic heterocycles. The lowest BCUT2D eigenvalue weighted by Gasteiger charge is -2.24. The molecule has 0 radical (unpaired) electrons. The van der Waals surface area contributed by atoms with Crippen LogP contribution in [0.3, 0.4) is 0 Å². The van der Waals surface area contributed by atoms with Crippen LogP contribution in [0.5, 0.6) is 5.75 Å². The molecule has 1 atom stereocenters. The highest BCUT2D eigenvalue weighted by molar-refractivity contribution is 6.02. The van der Waals surface area contributed by atoms with Crippen molar-refractivity contribution in [3.8, 4) is 17.0 Å². The molecule has 7 nitrogen and oxygen atoms in total. The van der Waals surface area contributed by atoms with Crippen molar-refractivity contribution in [2.45, 2.75) is 46.2 Å². The van der Waals surface area contributed by atoms with Crippen molar-refractivity contribution >= 4 is 17.6 Å². The van der Waals surface area contributed by atoms with Crippen LogP contribution in [0.25, 0.3) is 11.3 Å². The molecule has 0 saturated heterocycles. The number of aryl methyl sites for hydroxylation is 1. The van der Waals surface area contributed by atoms with Gasteiger partial charge < -0.3 is 15.0 Å². The molecule has 0 bridgehead atoms. The summed E-state index contributed by atoms with van der Waals surface area (Å²) in [5.74, 6) is 1.64. The average Bonchev–Trinajstić information content (AvgIpc) is 3.34. The first-order valence-electron chi connectivity index (χ1n) is 9.81. The van der Waals surface area contributed by atoms with Gasteiger partial charge in [0.1, 0.15) is 5.75 Å². The molecular weight excluding hydrogens is 356 g/mol. The summed E-state index contributed by atoms with van der Waals surface area (Å²) in [5, 5.41) is 7.06. The second kappa shape index (κ2) is 6.96. The normalized spacial score (nSPS) is 16.9. The van der Waals surface area contributed by atoms with Gasteiger partial charge >= 0.3 is 0 Å². The van der Waals surface area contributed by atoms with Crippen LogP contribution in [-0.2, 0) is 18.4 Å². The Kier molecular flexibility index (Phi) is 4.61. The Bertz CT molecular complexity index is 945. The van der Waals surface area contributed by atoms with Crippen LogP contribution in [0.15, 0.2) is 18.2 Å². The number of nitrogens with one attached hydrogen (secondary N) is 1. The number of aromatic nitrogens is 2. The van der Waals surface area contributed by atoms with Gasteiger partial charge in [-0.3, -0.25) is 14.3 Å². The van der Waals surface area contributed by atoms with Gasteiger partial charge in [0.2, 0.25) is 5.91 Å². The van der Waals surface area contributed by atoms with Gasteiger partial charge in [-0.15, -0.1) is 0 Å². The lowest BCUT2D eigenvalue weighted by Crippen LogP contribution is -2.34. The predicted octanol–water partition coefficient (Wildman–Crippen LogP) is 3.20. The second-order valence-electron chi connectivity index (χ2n) is 7.67. The third-order valence-electron chi connectivity index (χ3n) is 5.57. The third-order valence-corrected chi connectivity index (χ3v) is 5.57. The topological polar surface area (TPSA) is 76.5 Å². The van der Waals surface area contributed by atoms with Crippen LogP contribution < -0.4 is 10.1 Å². The predicted molar refractivity (Wildman–Crippen MR) is 106 cm³/mol. The summed E-state index contributed by atoms with van der Waals surface area (Å²) in [7, 11) is 1.83. The van der Waals surface area contributed by atoms with E-state index in [-0.39, 0.29) is 17.9 Å². The van der Waals surface area contributed by atoms with Gasteiger partial charge in [-0.05, 0) is 50.3 Å². The van der Waals surface area contributed by atoms with E-state index < -0.39 is 0 Å². The molecule has 2 heterocycles. The van der Waals surface area contributed by atoms with Crippen molar-refractivity contribution in [2.75, 3.05) is 11.9 Å². The molecule has 1 aliphatic carbocycles. The van der Waals surface area contributed by atoms with Crippen LogP contribution in [0, 0.1) is 5.92 Å². The molecule has 7 heteroatoms. The lowest BCUT2D eigenvalue weighted by molar-refractivity contribution is -0.114. The minimum absolute atomic E-state index is 0.0633. The quantitative estimate of drug-likeness (QED) is 0.832. The summed E-state index contributed by atoms with van der Waals surface area (Å²) >= 11 is 0. The van der Waals surface area contributed by atoms with Gasteiger partial charge in [0.05, 0.1) is 17.9 Å². The fourth-order valence-corrected chi connectivity index (χ4v) is 4.00. The smallest absolute Gasteiger partial charge is 0.258 e. The van der Waals surface area contributed by atoms with Crippen LogP contribution in [0.1, 0.15) is 49.5 Å². The Morgan fingerprint density at radius 2 is 2.11 bits per heavy atom. The summed E-state index contributed by atoms with van der Waals surface area (Å²) in [4.78, 5) is 26.4. The monoisotopic (exact) mass is 382 g/mol. The van der Waals surface area contributed by atoms with Crippen molar-refractivity contribution in [3.05, 3.63) is 29.3 Å². The zero-order chi connectivity index (χ0) is 20.0. The van der Waals surface area contributed by atoms with Crippen LogP contribution in [0.4, 0.5) is 5.82 Å². The van der Waals surface area contributed by atoms with E-state index >= 15 is 0 Å². The minimum atomic E-state index is -0.163. The SMILES string of the molecule is CCOc1cc(-c2cc(NC(C)=O)nn2C)cc2c1C(=O)N(C(C)C1CC1)C2. The average molecular weight is 382 g/mol. The maximum absolute atomic E-state index is 13.1. The molecule has 1 aromatic carbocycles. The number of fused-ring (bicyclic) bond motifs is 1. The molecule has 2 aliphatic rings. The Labute approximate surface area is 164 Å². The Balaban J connectivity index is 1.73. The maximum Gasteiger partial charge on any atom is 0.258 e. The molecule has 1 fully saturated rings. The zero-order valence-corrected chi connectivity index (χ0v) is 16.8. The summed E-state index contributed by atoms with van der Waals surface area (Å²) in [5.41, 5.74) is 3.44. The van der Waals surface area contributed by atoms with Crippen molar-refractivity contribution in [1.29, 1.82) is 0 Å². The van der Waals surface area contributed by atoms with Gasteiger partial charge in [0, 0.05) is 38.2 Å². The van der Waals surface area contributed by atoms with Gasteiger partial charge in [-0.2, -0.15) is 5.10 Å². The van der Waals surface area contributed by atoms with E-state index in [9.17, 15) is 9.59 Å². The van der Waals surface area contributed by atoms with Crippen molar-refractivity contribution in [2.24, 2.45) is 13.0 Å². The first kappa shape index (κ1) is 18.5. The highest BCUT2D eigenvalue weighted by Gasteiger charge is 2.40. The number of carbonyl (C=O) groups excluding carboxylic acids is 2. The van der Waals surface area contributed by atoms with E-state index in [2.05, 4.69) is 17.3 Å². The minimum Gasteiger partial charge on any atom is -0.493 e. The standard InChI is InChI=1S/C21H26N4O3/c1-5-28-18-9-15(17-10-19(22-13(3)26)23-24(17)4)8-16-11-25(21(27)20(16)18)12(2)14-6-7-14/h8-10,12,14H,5-7,11H2,1-4H3,(H,22,23,26). The van der Waals surface area contributed by atoms with Crippen LogP contribution >= 0.6 is 0 Å². The summed E-state index contributed by atoms with van der Waals surface area (Å²) in [6.45, 7) is 6.61. The largest absolute Gasteiger partial charge is 0.493 e. The molecule has 1 unspecified atom stereocenters. The number of benzene rings is 1. The molecule has 148 valence electrons. The zero-order valence-electron chi connectivity index (χ0n) is 16.8. The highest BCUT2D eigenvalue weighted by Crippen LogP contribution is 2.41. The number of hydrogen-bond acceptors (Lipinski definition) is 4. The van der Waals surface area contributed by atoms with Gasteiger partial charge in [-0.1, -0.05) is 0 Å². The molecule has 1 N–H and O–H groups in total. The molecule has 4 rings (SSSR count). The van der Waals surface area contributed by atoms with E-state index in [4.69, 9.17) is 4.74 Å². The summed E-state index contributed by atoms with van der Waals surface area (Å²) < 4.78 is 7.58. The van der Waals surface area contributed by atoms with E-state index in [1.54, 1.807) is 4.68 Å². The lowest BCUT2D eigenvalue weighted by atomic mass is 10.0. The number of ether oxygens (including phenoxy) is 1. The van der Waals surface area contributed by atoms with E-state index in [1.165, 1.54) is 19.8 Å². The molecule has 2 aromatic rings.